The van der Waals surface area contributed by atoms with E-state index in [0.717, 1.165) is 30.7 Å². The number of likely N-dealkylation sites (tertiary alicyclic amines) is 1. The molecule has 1 amide bonds. The van der Waals surface area contributed by atoms with Crippen LogP contribution in [0.3, 0.4) is 0 Å². The number of rotatable bonds is 6. The van der Waals surface area contributed by atoms with Crippen LogP contribution in [0, 0.1) is 0 Å². The third-order valence-electron chi connectivity index (χ3n) is 5.55. The molecule has 7 heteroatoms. The fourth-order valence-corrected chi connectivity index (χ4v) is 4.05. The molecule has 1 saturated heterocycles. The number of hydrogen-bond acceptors (Lipinski definition) is 4. The van der Waals surface area contributed by atoms with Crippen LogP contribution in [-0.2, 0) is 11.3 Å². The average molecular weight is 388 g/mol. The van der Waals surface area contributed by atoms with Crippen molar-refractivity contribution in [1.82, 2.24) is 15.5 Å². The van der Waals surface area contributed by atoms with Crippen molar-refractivity contribution in [1.29, 1.82) is 0 Å². The lowest BCUT2D eigenvalue weighted by molar-refractivity contribution is 0.187. The van der Waals surface area contributed by atoms with Gasteiger partial charge >= 0.3 is 6.09 Å². The van der Waals surface area contributed by atoms with Gasteiger partial charge in [-0.15, -0.1) is 0 Å². The van der Waals surface area contributed by atoms with Crippen molar-refractivity contribution >= 4 is 17.7 Å². The lowest BCUT2D eigenvalue weighted by atomic mass is 10.2. The topological polar surface area (TPSA) is 78.0 Å². The van der Waals surface area contributed by atoms with Gasteiger partial charge in [0.25, 0.3) is 0 Å². The molecule has 1 aromatic carbocycles. The highest BCUT2D eigenvalue weighted by Gasteiger charge is 2.30. The van der Waals surface area contributed by atoms with Crippen LogP contribution in [0.15, 0.2) is 29.3 Å². The molecule has 2 aliphatic rings. The summed E-state index contributed by atoms with van der Waals surface area (Å²) in [4.78, 5) is 18.6. The number of nitrogens with zero attached hydrogens (tertiary/aromatic N) is 2. The summed E-state index contributed by atoms with van der Waals surface area (Å²) >= 11 is 0. The first-order valence-corrected chi connectivity index (χ1v) is 10.4. The van der Waals surface area contributed by atoms with Crippen LogP contribution in [0.5, 0.6) is 0 Å². The van der Waals surface area contributed by atoms with Crippen molar-refractivity contribution < 1.29 is 9.53 Å². The normalized spacial score (nSPS) is 20.9. The summed E-state index contributed by atoms with van der Waals surface area (Å²) < 4.78 is 4.60. The van der Waals surface area contributed by atoms with Crippen molar-refractivity contribution in [3.8, 4) is 0 Å². The molecule has 1 saturated carbocycles. The van der Waals surface area contributed by atoms with Gasteiger partial charge in [-0.25, -0.2) is 9.79 Å². The van der Waals surface area contributed by atoms with E-state index in [4.69, 9.17) is 4.99 Å². The van der Waals surface area contributed by atoms with E-state index in [1.54, 1.807) is 0 Å². The predicted octanol–water partition coefficient (Wildman–Crippen LogP) is 2.94. The van der Waals surface area contributed by atoms with Crippen LogP contribution < -0.4 is 16.0 Å². The monoisotopic (exact) mass is 387 g/mol. The van der Waals surface area contributed by atoms with Gasteiger partial charge in [0.1, 0.15) is 0 Å². The fourth-order valence-electron chi connectivity index (χ4n) is 4.05. The molecule has 28 heavy (non-hydrogen) atoms. The van der Waals surface area contributed by atoms with Crippen LogP contribution >= 0.6 is 0 Å². The molecule has 1 unspecified atom stereocenters. The molecular weight excluding hydrogens is 354 g/mol. The number of carbonyl (C=O) groups excluding carboxylic acids is 1. The highest BCUT2D eigenvalue weighted by molar-refractivity contribution is 5.84. The smallest absolute Gasteiger partial charge is 0.411 e. The summed E-state index contributed by atoms with van der Waals surface area (Å²) in [6.07, 6.45) is 6.21. The molecule has 1 aliphatic heterocycles. The van der Waals surface area contributed by atoms with E-state index in [-0.39, 0.29) is 0 Å². The van der Waals surface area contributed by atoms with Gasteiger partial charge in [0.15, 0.2) is 5.96 Å². The highest BCUT2D eigenvalue weighted by atomic mass is 16.5. The van der Waals surface area contributed by atoms with E-state index < -0.39 is 6.09 Å². The Morgan fingerprint density at radius 3 is 2.64 bits per heavy atom. The number of hydrogen-bond donors (Lipinski definition) is 3. The maximum absolute atomic E-state index is 11.2. The van der Waals surface area contributed by atoms with E-state index in [1.807, 2.05) is 24.3 Å². The Hall–Kier alpha value is -2.28. The summed E-state index contributed by atoms with van der Waals surface area (Å²) in [5, 5.41) is 9.62. The maximum atomic E-state index is 11.2. The van der Waals surface area contributed by atoms with Crippen molar-refractivity contribution in [2.75, 3.05) is 32.1 Å². The maximum Gasteiger partial charge on any atom is 0.411 e. The molecule has 7 nitrogen and oxygen atoms in total. The van der Waals surface area contributed by atoms with E-state index in [9.17, 15) is 4.79 Å². The molecule has 2 fully saturated rings. The third kappa shape index (κ3) is 5.86. The summed E-state index contributed by atoms with van der Waals surface area (Å²) in [5.41, 5.74) is 1.80. The number of amides is 1. The van der Waals surface area contributed by atoms with Crippen LogP contribution in [0.1, 0.15) is 44.6 Å². The minimum atomic E-state index is -0.465. The van der Waals surface area contributed by atoms with E-state index in [0.29, 0.717) is 18.3 Å². The minimum absolute atomic E-state index is 0.463. The molecule has 0 bridgehead atoms. The van der Waals surface area contributed by atoms with E-state index in [1.165, 1.54) is 45.8 Å². The Balaban J connectivity index is 1.51. The molecule has 1 atom stereocenters. The molecule has 0 aromatic heterocycles. The molecule has 1 aromatic rings. The number of nitrogens with one attached hydrogen (secondary N) is 3. The van der Waals surface area contributed by atoms with Crippen LogP contribution in [0.2, 0.25) is 0 Å². The van der Waals surface area contributed by atoms with Gasteiger partial charge in [0.2, 0.25) is 0 Å². The number of aliphatic imine (C=N–C) groups is 1. The first-order chi connectivity index (χ1) is 13.7. The molecule has 1 aliphatic carbocycles. The van der Waals surface area contributed by atoms with Crippen LogP contribution in [-0.4, -0.2) is 55.8 Å². The van der Waals surface area contributed by atoms with Crippen molar-refractivity contribution in [3.05, 3.63) is 29.8 Å². The number of carbonyl (C=O) groups is 1. The second-order valence-electron chi connectivity index (χ2n) is 7.57. The molecule has 1 heterocycles. The summed E-state index contributed by atoms with van der Waals surface area (Å²) in [7, 11) is 1.35. The largest absolute Gasteiger partial charge is 0.453 e. The quantitative estimate of drug-likeness (QED) is 0.517. The van der Waals surface area contributed by atoms with E-state index >= 15 is 0 Å². The Morgan fingerprint density at radius 1 is 1.21 bits per heavy atom. The number of ether oxygens (including phenoxy) is 1. The zero-order chi connectivity index (χ0) is 19.8. The Kier molecular flexibility index (Phi) is 7.54. The molecule has 0 spiro atoms. The number of benzene rings is 1. The molecule has 154 valence electrons. The van der Waals surface area contributed by atoms with Gasteiger partial charge in [0, 0.05) is 37.4 Å². The average Bonchev–Trinajstić information content (AvgIpc) is 3.39. The van der Waals surface area contributed by atoms with Crippen molar-refractivity contribution in [2.45, 2.75) is 57.7 Å². The minimum Gasteiger partial charge on any atom is -0.453 e. The summed E-state index contributed by atoms with van der Waals surface area (Å²) in [5.74, 6) is 0.873. The third-order valence-corrected chi connectivity index (χ3v) is 5.55. The van der Waals surface area contributed by atoms with Gasteiger partial charge < -0.3 is 15.4 Å². The van der Waals surface area contributed by atoms with E-state index in [2.05, 4.69) is 32.5 Å². The van der Waals surface area contributed by atoms with Gasteiger partial charge in [-0.2, -0.15) is 0 Å². The molecule has 3 rings (SSSR count). The van der Waals surface area contributed by atoms with Gasteiger partial charge in [-0.1, -0.05) is 25.0 Å². The van der Waals surface area contributed by atoms with Gasteiger partial charge in [-0.05, 0) is 43.9 Å². The second-order valence-corrected chi connectivity index (χ2v) is 7.57. The van der Waals surface area contributed by atoms with Crippen molar-refractivity contribution in [2.24, 2.45) is 4.99 Å². The second kappa shape index (κ2) is 10.3. The first kappa shape index (κ1) is 20.5. The fraction of sp³-hybridized carbons (Fsp3) is 0.619. The lowest BCUT2D eigenvalue weighted by Gasteiger charge is -2.24. The van der Waals surface area contributed by atoms with Gasteiger partial charge in [0.05, 0.1) is 13.7 Å². The summed E-state index contributed by atoms with van der Waals surface area (Å²) in [6, 6.07) is 8.91. The molecular formula is C21H33N5O2. The number of anilines is 1. The van der Waals surface area contributed by atoms with Crippen molar-refractivity contribution in [3.63, 3.8) is 0 Å². The van der Waals surface area contributed by atoms with Crippen LogP contribution in [0.25, 0.3) is 0 Å². The number of methoxy groups -OCH3 is 1. The standard InChI is InChI=1S/C21H33N5O2/c1-3-22-20(24-18-12-13-26(15-18)19-6-4-5-7-19)23-14-16-8-10-17(11-9-16)25-21(27)28-2/h8-11,18-19H,3-7,12-15H2,1-2H3,(H,25,27)(H2,22,23,24). The molecule has 0 radical (unpaired) electrons. The first-order valence-electron chi connectivity index (χ1n) is 10.4. The Morgan fingerprint density at radius 2 is 1.96 bits per heavy atom. The summed E-state index contributed by atoms with van der Waals surface area (Å²) in [6.45, 7) is 5.82. The van der Waals surface area contributed by atoms with Crippen LogP contribution in [0.4, 0.5) is 10.5 Å². The highest BCUT2D eigenvalue weighted by Crippen LogP contribution is 2.26. The Labute approximate surface area is 167 Å². The lowest BCUT2D eigenvalue weighted by Crippen LogP contribution is -2.45. The predicted molar refractivity (Wildman–Crippen MR) is 113 cm³/mol. The Bertz CT molecular complexity index is 655. The zero-order valence-electron chi connectivity index (χ0n) is 17.0. The van der Waals surface area contributed by atoms with Gasteiger partial charge in [-0.3, -0.25) is 10.2 Å². The SMILES string of the molecule is CCNC(=NCc1ccc(NC(=O)OC)cc1)NC1CCN(C2CCCC2)C1. The molecule has 3 N–H and O–H groups in total. The number of guanidine groups is 1. The zero-order valence-corrected chi connectivity index (χ0v) is 17.0.